The van der Waals surface area contributed by atoms with Gasteiger partial charge in [0, 0.05) is 5.02 Å². The quantitative estimate of drug-likeness (QED) is 0.852. The maximum Gasteiger partial charge on any atom is 0.262 e. The summed E-state index contributed by atoms with van der Waals surface area (Å²) in [6, 6.07) is 10.3. The Bertz CT molecular complexity index is 846. The molecule has 6 nitrogen and oxygen atoms in total. The molecule has 0 fully saturated rings. The van der Waals surface area contributed by atoms with E-state index in [0.717, 1.165) is 4.90 Å². The van der Waals surface area contributed by atoms with Crippen LogP contribution in [0.15, 0.2) is 42.5 Å². The molecule has 0 bridgehead atoms. The van der Waals surface area contributed by atoms with Gasteiger partial charge in [-0.05, 0) is 37.3 Å². The lowest BCUT2D eigenvalue weighted by atomic mass is 10.1. The Morgan fingerprint density at radius 1 is 1.12 bits per heavy atom. The van der Waals surface area contributed by atoms with Gasteiger partial charge in [0.25, 0.3) is 11.8 Å². The van der Waals surface area contributed by atoms with Gasteiger partial charge in [0.05, 0.1) is 23.9 Å². The van der Waals surface area contributed by atoms with Gasteiger partial charge in [0.2, 0.25) is 5.91 Å². The van der Waals surface area contributed by atoms with Crippen molar-refractivity contribution in [3.63, 3.8) is 0 Å². The number of carbonyl (C=O) groups is 3. The number of benzene rings is 2. The molecule has 0 saturated carbocycles. The molecule has 25 heavy (non-hydrogen) atoms. The van der Waals surface area contributed by atoms with Crippen LogP contribution in [-0.4, -0.2) is 35.8 Å². The SMILES string of the molecule is COc1ccc(Cl)cc1NC(=O)[C@@H](C)N1C(=O)c2ccccc2C1=O. The minimum absolute atomic E-state index is 0.299. The second-order valence-electron chi connectivity index (χ2n) is 5.54. The highest BCUT2D eigenvalue weighted by atomic mass is 35.5. The average Bonchev–Trinajstić information content (AvgIpc) is 2.86. The van der Waals surface area contributed by atoms with E-state index in [9.17, 15) is 14.4 Å². The van der Waals surface area contributed by atoms with Crippen molar-refractivity contribution in [3.05, 3.63) is 58.6 Å². The number of fused-ring (bicyclic) bond motifs is 1. The number of methoxy groups -OCH3 is 1. The third-order valence-corrected chi connectivity index (χ3v) is 4.25. The van der Waals surface area contributed by atoms with Crippen molar-refractivity contribution in [1.82, 2.24) is 4.90 Å². The summed E-state index contributed by atoms with van der Waals surface area (Å²) in [5.74, 6) is -1.06. The average molecular weight is 359 g/mol. The van der Waals surface area contributed by atoms with E-state index in [-0.39, 0.29) is 0 Å². The zero-order chi connectivity index (χ0) is 18.1. The zero-order valence-electron chi connectivity index (χ0n) is 13.6. The van der Waals surface area contributed by atoms with E-state index in [0.29, 0.717) is 27.6 Å². The first kappa shape index (κ1) is 17.0. The van der Waals surface area contributed by atoms with Gasteiger partial charge in [0.15, 0.2) is 0 Å². The first-order valence-electron chi connectivity index (χ1n) is 7.55. The maximum absolute atomic E-state index is 12.6. The van der Waals surface area contributed by atoms with Gasteiger partial charge < -0.3 is 10.1 Å². The molecule has 128 valence electrons. The number of rotatable bonds is 4. The van der Waals surface area contributed by atoms with Crippen LogP contribution in [0.4, 0.5) is 5.69 Å². The molecule has 0 aliphatic carbocycles. The summed E-state index contributed by atoms with van der Waals surface area (Å²) < 4.78 is 5.18. The van der Waals surface area contributed by atoms with Crippen molar-refractivity contribution in [2.45, 2.75) is 13.0 Å². The lowest BCUT2D eigenvalue weighted by molar-refractivity contribution is -0.119. The van der Waals surface area contributed by atoms with E-state index >= 15 is 0 Å². The fourth-order valence-electron chi connectivity index (χ4n) is 2.69. The largest absolute Gasteiger partial charge is 0.495 e. The number of ether oxygens (including phenoxy) is 1. The fraction of sp³-hybridized carbons (Fsp3) is 0.167. The smallest absolute Gasteiger partial charge is 0.262 e. The van der Waals surface area contributed by atoms with Crippen LogP contribution in [0.2, 0.25) is 5.02 Å². The lowest BCUT2D eigenvalue weighted by Gasteiger charge is -2.22. The minimum Gasteiger partial charge on any atom is -0.495 e. The summed E-state index contributed by atoms with van der Waals surface area (Å²) in [4.78, 5) is 38.4. The van der Waals surface area contributed by atoms with Gasteiger partial charge >= 0.3 is 0 Å². The number of hydrogen-bond donors (Lipinski definition) is 1. The van der Waals surface area contributed by atoms with E-state index < -0.39 is 23.8 Å². The molecular weight excluding hydrogens is 344 g/mol. The topological polar surface area (TPSA) is 75.7 Å². The van der Waals surface area contributed by atoms with Crippen LogP contribution < -0.4 is 10.1 Å². The molecule has 0 radical (unpaired) electrons. The van der Waals surface area contributed by atoms with Crippen LogP contribution in [0, 0.1) is 0 Å². The van der Waals surface area contributed by atoms with E-state index in [1.165, 1.54) is 20.1 Å². The molecule has 1 N–H and O–H groups in total. The van der Waals surface area contributed by atoms with Crippen molar-refractivity contribution in [2.24, 2.45) is 0 Å². The second-order valence-corrected chi connectivity index (χ2v) is 5.97. The Kier molecular flexibility index (Phi) is 4.46. The molecule has 0 unspecified atom stereocenters. The molecule has 0 aromatic heterocycles. The highest BCUT2D eigenvalue weighted by molar-refractivity contribution is 6.31. The Morgan fingerprint density at radius 3 is 2.28 bits per heavy atom. The van der Waals surface area contributed by atoms with Gasteiger partial charge in [-0.2, -0.15) is 0 Å². The first-order valence-corrected chi connectivity index (χ1v) is 7.93. The van der Waals surface area contributed by atoms with E-state index in [1.807, 2.05) is 0 Å². The second kappa shape index (κ2) is 6.57. The molecule has 3 rings (SSSR count). The summed E-state index contributed by atoms with van der Waals surface area (Å²) in [6.07, 6.45) is 0. The van der Waals surface area contributed by atoms with Crippen molar-refractivity contribution >= 4 is 35.0 Å². The Hall–Kier alpha value is -2.86. The fourth-order valence-corrected chi connectivity index (χ4v) is 2.86. The van der Waals surface area contributed by atoms with Gasteiger partial charge in [-0.3, -0.25) is 19.3 Å². The minimum atomic E-state index is -0.990. The molecule has 3 amide bonds. The number of carbonyl (C=O) groups excluding carboxylic acids is 3. The Labute approximate surface area is 149 Å². The van der Waals surface area contributed by atoms with Crippen LogP contribution in [0.25, 0.3) is 0 Å². The standard InChI is InChI=1S/C18H15ClN2O4/c1-10(16(22)20-14-9-11(19)7-8-15(14)25-2)21-17(23)12-5-3-4-6-13(12)18(21)24/h3-10H,1-2H3,(H,20,22)/t10-/m1/s1. The first-order chi connectivity index (χ1) is 11.9. The van der Waals surface area contributed by atoms with Crippen LogP contribution in [0.3, 0.4) is 0 Å². The van der Waals surface area contributed by atoms with Crippen LogP contribution in [-0.2, 0) is 4.79 Å². The summed E-state index contributed by atoms with van der Waals surface area (Å²) in [7, 11) is 1.46. The van der Waals surface area contributed by atoms with E-state index in [1.54, 1.807) is 36.4 Å². The Morgan fingerprint density at radius 2 is 1.72 bits per heavy atom. The lowest BCUT2D eigenvalue weighted by Crippen LogP contribution is -2.45. The molecule has 1 aliphatic heterocycles. The van der Waals surface area contributed by atoms with Crippen LogP contribution in [0.5, 0.6) is 5.75 Å². The number of anilines is 1. The highest BCUT2D eigenvalue weighted by Crippen LogP contribution is 2.29. The molecule has 0 saturated heterocycles. The number of nitrogens with zero attached hydrogens (tertiary/aromatic N) is 1. The third-order valence-electron chi connectivity index (χ3n) is 4.01. The van der Waals surface area contributed by atoms with Crippen molar-refractivity contribution in [3.8, 4) is 5.75 Å². The maximum atomic E-state index is 12.6. The van der Waals surface area contributed by atoms with Crippen LogP contribution >= 0.6 is 11.6 Å². The van der Waals surface area contributed by atoms with Crippen molar-refractivity contribution < 1.29 is 19.1 Å². The monoisotopic (exact) mass is 358 g/mol. The molecule has 7 heteroatoms. The Balaban J connectivity index is 1.84. The highest BCUT2D eigenvalue weighted by Gasteiger charge is 2.40. The van der Waals surface area contributed by atoms with Gasteiger partial charge in [-0.1, -0.05) is 23.7 Å². The molecule has 0 spiro atoms. The van der Waals surface area contributed by atoms with Crippen LogP contribution in [0.1, 0.15) is 27.6 Å². The van der Waals surface area contributed by atoms with E-state index in [2.05, 4.69) is 5.32 Å². The summed E-state index contributed by atoms with van der Waals surface area (Å²) in [5, 5.41) is 3.07. The molecule has 1 aliphatic rings. The molecular formula is C18H15ClN2O4. The van der Waals surface area contributed by atoms with Gasteiger partial charge in [-0.25, -0.2) is 0 Å². The number of hydrogen-bond acceptors (Lipinski definition) is 4. The number of halogens is 1. The summed E-state index contributed by atoms with van der Waals surface area (Å²) >= 11 is 5.95. The predicted octanol–water partition coefficient (Wildman–Crippen LogP) is 2.97. The molecule has 1 heterocycles. The van der Waals surface area contributed by atoms with Gasteiger partial charge in [0.1, 0.15) is 11.8 Å². The molecule has 1 atom stereocenters. The van der Waals surface area contributed by atoms with Gasteiger partial charge in [-0.15, -0.1) is 0 Å². The number of amides is 3. The number of nitrogens with one attached hydrogen (secondary N) is 1. The molecule has 2 aromatic rings. The molecule has 2 aromatic carbocycles. The number of imide groups is 1. The van der Waals surface area contributed by atoms with E-state index in [4.69, 9.17) is 16.3 Å². The zero-order valence-corrected chi connectivity index (χ0v) is 14.3. The van der Waals surface area contributed by atoms with Crippen molar-refractivity contribution in [1.29, 1.82) is 0 Å². The summed E-state index contributed by atoms with van der Waals surface area (Å²) in [5.41, 5.74) is 0.962. The normalized spacial score (nSPS) is 14.3. The van der Waals surface area contributed by atoms with Crippen molar-refractivity contribution in [2.75, 3.05) is 12.4 Å². The predicted molar refractivity (Wildman–Crippen MR) is 93.0 cm³/mol. The summed E-state index contributed by atoms with van der Waals surface area (Å²) in [6.45, 7) is 1.49. The third kappa shape index (κ3) is 2.96.